The molecule has 0 spiro atoms. The molecule has 0 radical (unpaired) electrons. The van der Waals surface area contributed by atoms with Crippen LogP contribution in [-0.2, 0) is 21.3 Å². The first-order valence-corrected chi connectivity index (χ1v) is 18.0. The summed E-state index contributed by atoms with van der Waals surface area (Å²) in [7, 11) is 0. The Kier molecular flexibility index (Phi) is 6.29. The van der Waals surface area contributed by atoms with Crippen LogP contribution in [0.15, 0.2) is 121 Å². The maximum absolute atomic E-state index is 2.71. The fraction of sp³-hybridized carbons (Fsp3) is 0.132. The van der Waals surface area contributed by atoms with Gasteiger partial charge in [0.2, 0.25) is 0 Å². The summed E-state index contributed by atoms with van der Waals surface area (Å²) in [6, 6.07) is 43.8. The van der Waals surface area contributed by atoms with Crippen molar-refractivity contribution in [2.24, 2.45) is 0 Å². The molecule has 0 aliphatic heterocycles. The summed E-state index contributed by atoms with van der Waals surface area (Å²) in [6.45, 7) is 6.77. The van der Waals surface area contributed by atoms with Crippen LogP contribution in [-0.4, -0.2) is 3.21 Å². The quantitative estimate of drug-likeness (QED) is 0.199. The van der Waals surface area contributed by atoms with E-state index in [4.69, 9.17) is 0 Å². The average molecular weight is 580 g/mol. The first-order valence-electron chi connectivity index (χ1n) is 13.9. The predicted molar refractivity (Wildman–Crippen MR) is 162 cm³/mol. The van der Waals surface area contributed by atoms with E-state index in [-0.39, 0.29) is 0 Å². The van der Waals surface area contributed by atoms with Crippen molar-refractivity contribution in [3.8, 4) is 11.1 Å². The number of fused-ring (bicyclic) bond motifs is 4. The average Bonchev–Trinajstić information content (AvgIpc) is 3.52. The van der Waals surface area contributed by atoms with Crippen molar-refractivity contribution in [3.05, 3.63) is 171 Å². The van der Waals surface area contributed by atoms with Crippen LogP contribution in [0.5, 0.6) is 0 Å². The van der Waals surface area contributed by atoms with Gasteiger partial charge in [0.1, 0.15) is 0 Å². The molecule has 1 heteroatoms. The standard InChI is InChI=1S/C15H13.C13H10.C10H9.Zr/c1-10-3-5-14-12(7-10)9-13-8-11(2)4-6-15(13)14;1-3-7-12(8-4-1)11-13-9-5-2-6-10-13;1-8-4-2-5-9-6-3-7-10(8)9;/h3-9H,1-2H3;1-10H;2-7H,1H3;. The van der Waals surface area contributed by atoms with E-state index < -0.39 is 21.3 Å². The van der Waals surface area contributed by atoms with Crippen molar-refractivity contribution >= 4 is 9.28 Å². The summed E-state index contributed by atoms with van der Waals surface area (Å²) in [5, 5.41) is 0. The fourth-order valence-electron chi connectivity index (χ4n) is 6.79. The molecule has 0 fully saturated rings. The van der Waals surface area contributed by atoms with Crippen molar-refractivity contribution in [1.29, 1.82) is 0 Å². The molecule has 1 unspecified atom stereocenters. The van der Waals surface area contributed by atoms with Gasteiger partial charge in [-0.2, -0.15) is 0 Å². The minimum atomic E-state index is -2.71. The topological polar surface area (TPSA) is 0 Å². The van der Waals surface area contributed by atoms with Crippen LogP contribution < -0.4 is 0 Å². The molecule has 0 nitrogen and oxygen atoms in total. The van der Waals surface area contributed by atoms with Gasteiger partial charge in [0, 0.05) is 0 Å². The Labute approximate surface area is 239 Å². The van der Waals surface area contributed by atoms with Crippen LogP contribution in [0.25, 0.3) is 17.2 Å². The molecular weight excluding hydrogens is 548 g/mol. The van der Waals surface area contributed by atoms with Gasteiger partial charge in [-0.25, -0.2) is 0 Å². The van der Waals surface area contributed by atoms with E-state index in [1.807, 2.05) is 0 Å². The first kappa shape index (κ1) is 24.6. The van der Waals surface area contributed by atoms with Gasteiger partial charge in [0.05, 0.1) is 0 Å². The Morgan fingerprint density at radius 2 is 1.13 bits per heavy atom. The summed E-state index contributed by atoms with van der Waals surface area (Å²) < 4.78 is 2.52. The molecule has 188 valence electrons. The van der Waals surface area contributed by atoms with Crippen molar-refractivity contribution in [1.82, 2.24) is 0 Å². The second-order valence-corrected chi connectivity index (χ2v) is 17.5. The zero-order chi connectivity index (χ0) is 26.5. The molecule has 0 saturated carbocycles. The zero-order valence-corrected chi connectivity index (χ0v) is 25.2. The molecule has 5 aromatic rings. The zero-order valence-electron chi connectivity index (χ0n) is 22.8. The Morgan fingerprint density at radius 3 is 1.69 bits per heavy atom. The minimum absolute atomic E-state index is 0.439. The monoisotopic (exact) mass is 578 g/mol. The Balaban J connectivity index is 1.62. The number of hydrogen-bond donors (Lipinski definition) is 0. The van der Waals surface area contributed by atoms with Crippen LogP contribution in [0, 0.1) is 20.8 Å². The number of hydrogen-bond acceptors (Lipinski definition) is 0. The van der Waals surface area contributed by atoms with Gasteiger partial charge in [-0.05, 0) is 0 Å². The summed E-state index contributed by atoms with van der Waals surface area (Å²) in [5.74, 6) is 0. The molecule has 7 rings (SSSR count). The molecule has 2 aliphatic rings. The third kappa shape index (κ3) is 4.20. The third-order valence-corrected chi connectivity index (χ3v) is 17.3. The van der Waals surface area contributed by atoms with E-state index in [1.54, 1.807) is 14.3 Å². The Hall–Kier alpha value is -3.41. The van der Waals surface area contributed by atoms with E-state index in [1.165, 1.54) is 50.1 Å². The van der Waals surface area contributed by atoms with Crippen LogP contribution >= 0.6 is 0 Å². The van der Waals surface area contributed by atoms with Crippen LogP contribution in [0.4, 0.5) is 0 Å². The van der Waals surface area contributed by atoms with E-state index in [9.17, 15) is 0 Å². The number of benzene rings is 5. The summed E-state index contributed by atoms with van der Waals surface area (Å²) in [4.78, 5) is 0. The molecule has 0 amide bonds. The van der Waals surface area contributed by atoms with Gasteiger partial charge in [-0.3, -0.25) is 0 Å². The molecule has 0 heterocycles. The third-order valence-electron chi connectivity index (χ3n) is 8.53. The number of allylic oxidation sites excluding steroid dienone is 1. The van der Waals surface area contributed by atoms with Crippen LogP contribution in [0.2, 0.25) is 0 Å². The first-order chi connectivity index (χ1) is 19.1. The van der Waals surface area contributed by atoms with Gasteiger partial charge in [0.25, 0.3) is 0 Å². The summed E-state index contributed by atoms with van der Waals surface area (Å²) in [5.41, 5.74) is 15.8. The van der Waals surface area contributed by atoms with Crippen molar-refractivity contribution in [2.75, 3.05) is 0 Å². The van der Waals surface area contributed by atoms with Gasteiger partial charge in [-0.1, -0.05) is 0 Å². The molecule has 1 atom stereocenters. The molecule has 0 aromatic heterocycles. The SMILES string of the molecule is Cc1ccc2c(c1)[CH]([Zr](=[C](c1ccccc1)c1ccccc1)[CH]1C=Cc3c(C)cccc31)c1cc(C)ccc1-2. The van der Waals surface area contributed by atoms with Crippen LogP contribution in [0.1, 0.15) is 57.3 Å². The van der Waals surface area contributed by atoms with E-state index in [0.29, 0.717) is 7.25 Å². The predicted octanol–water partition coefficient (Wildman–Crippen LogP) is 9.34. The normalized spacial score (nSPS) is 15.1. The number of aryl methyl sites for hydroxylation is 3. The Morgan fingerprint density at radius 1 is 0.564 bits per heavy atom. The Bertz CT molecular complexity index is 1680. The molecule has 0 saturated heterocycles. The van der Waals surface area contributed by atoms with Crippen molar-refractivity contribution < 1.29 is 21.3 Å². The number of rotatable bonds is 4. The molecule has 0 bridgehead atoms. The molecule has 5 aromatic carbocycles. The van der Waals surface area contributed by atoms with Gasteiger partial charge < -0.3 is 0 Å². The van der Waals surface area contributed by atoms with Crippen molar-refractivity contribution in [2.45, 2.75) is 28.0 Å². The molecular formula is C38H32Zr. The molecule has 2 aliphatic carbocycles. The summed E-state index contributed by atoms with van der Waals surface area (Å²) >= 11 is -2.71. The second-order valence-electron chi connectivity index (χ2n) is 11.1. The second kappa shape index (κ2) is 9.96. The molecule has 39 heavy (non-hydrogen) atoms. The van der Waals surface area contributed by atoms with Crippen LogP contribution in [0.3, 0.4) is 0 Å². The molecule has 0 N–H and O–H groups in total. The van der Waals surface area contributed by atoms with E-state index >= 15 is 0 Å². The van der Waals surface area contributed by atoms with Gasteiger partial charge in [-0.15, -0.1) is 0 Å². The van der Waals surface area contributed by atoms with E-state index in [0.717, 1.165) is 0 Å². The van der Waals surface area contributed by atoms with Gasteiger partial charge in [0.15, 0.2) is 0 Å². The maximum atomic E-state index is 2.57. The van der Waals surface area contributed by atoms with Crippen molar-refractivity contribution in [3.63, 3.8) is 0 Å². The summed E-state index contributed by atoms with van der Waals surface area (Å²) in [6.07, 6.45) is 4.99. The fourth-order valence-corrected chi connectivity index (χ4v) is 16.6. The van der Waals surface area contributed by atoms with E-state index in [2.05, 4.69) is 148 Å². The van der Waals surface area contributed by atoms with Gasteiger partial charge >= 0.3 is 241 Å².